The first kappa shape index (κ1) is 52.8. The fourth-order valence-corrected chi connectivity index (χ4v) is 14.9. The van der Waals surface area contributed by atoms with Crippen molar-refractivity contribution < 1.29 is 89.7 Å². The number of rotatable bonds is 13. The van der Waals surface area contributed by atoms with Gasteiger partial charge < -0.3 is 89.7 Å². The zero-order valence-electron chi connectivity index (χ0n) is 40.0. The summed E-state index contributed by atoms with van der Waals surface area (Å²) in [4.78, 5) is 0. The van der Waals surface area contributed by atoms with Gasteiger partial charge in [0.05, 0.1) is 37.6 Å². The van der Waals surface area contributed by atoms with Gasteiger partial charge >= 0.3 is 0 Å². The molecule has 10 unspecified atom stereocenters. The highest BCUT2D eigenvalue weighted by molar-refractivity contribution is 5.20. The van der Waals surface area contributed by atoms with E-state index in [1.165, 1.54) is 0 Å². The highest BCUT2D eigenvalue weighted by Gasteiger charge is 2.72. The van der Waals surface area contributed by atoms with Crippen LogP contribution in [0.15, 0.2) is 11.6 Å². The van der Waals surface area contributed by atoms with Crippen molar-refractivity contribution in [2.24, 2.45) is 45.3 Å². The van der Waals surface area contributed by atoms with Gasteiger partial charge in [0.2, 0.25) is 0 Å². The van der Waals surface area contributed by atoms with Crippen molar-refractivity contribution in [1.29, 1.82) is 0 Å². The zero-order chi connectivity index (χ0) is 48.6. The monoisotopic (exact) mass is 947 g/mol. The summed E-state index contributed by atoms with van der Waals surface area (Å²) >= 11 is 0. The summed E-state index contributed by atoms with van der Waals surface area (Å²) < 4.78 is 37.2. The summed E-state index contributed by atoms with van der Waals surface area (Å²) in [7, 11) is 0. The van der Waals surface area contributed by atoms with Crippen LogP contribution in [0.1, 0.15) is 113 Å². The SMILES string of the molecule is CC(C)=CCCC(C)(O[C@@H]1O[C@H](CO)[C@@H](O)[C@@H](O)[C@H]1O)C1CCC2(C)C1C(O)CC1C3(C)CCC(O[C@@H]4O[C@H](CO)[C@@H](O)[C@@H](O)[C@H]4O[C@@H]4O[C@H](CO)[C@@H](O)[C@@H](O)[C@H]4O)C(C)(C)C3CCC12C. The van der Waals surface area contributed by atoms with E-state index in [9.17, 15) is 61.3 Å². The van der Waals surface area contributed by atoms with E-state index in [1.807, 2.05) is 20.8 Å². The van der Waals surface area contributed by atoms with E-state index >= 15 is 0 Å². The molecule has 0 spiro atoms. The Labute approximate surface area is 388 Å². The third kappa shape index (κ3) is 8.79. The molecule has 0 aromatic carbocycles. The van der Waals surface area contributed by atoms with Gasteiger partial charge in [-0.1, -0.05) is 46.3 Å². The van der Waals surface area contributed by atoms with Crippen LogP contribution < -0.4 is 0 Å². The lowest BCUT2D eigenvalue weighted by atomic mass is 9.35. The molecule has 4 aliphatic carbocycles. The third-order valence-corrected chi connectivity index (χ3v) is 18.8. The molecule has 66 heavy (non-hydrogen) atoms. The highest BCUT2D eigenvalue weighted by Crippen LogP contribution is 2.76. The van der Waals surface area contributed by atoms with Crippen LogP contribution in [-0.2, 0) is 28.4 Å². The molecule has 3 saturated heterocycles. The van der Waals surface area contributed by atoms with Gasteiger partial charge in [-0.25, -0.2) is 0 Å². The molecule has 0 aromatic rings. The van der Waals surface area contributed by atoms with E-state index in [2.05, 4.69) is 40.7 Å². The maximum Gasteiger partial charge on any atom is 0.187 e. The number of hydrogen-bond donors (Lipinski definition) is 12. The van der Waals surface area contributed by atoms with Crippen molar-refractivity contribution in [1.82, 2.24) is 0 Å². The Balaban J connectivity index is 1.13. The Bertz CT molecular complexity index is 1680. The summed E-state index contributed by atoms with van der Waals surface area (Å²) in [6.45, 7) is 15.5. The van der Waals surface area contributed by atoms with Crippen LogP contribution in [0.3, 0.4) is 0 Å². The standard InChI is InChI=1S/C48H82O18/c1-22(2)10-9-14-48(8,66-42-39(60)36(57)33(54)26(20-50)62-42)23-11-16-47(7)31(23)24(52)18-29-45(5)15-13-30(44(3,4)28(45)12-17-46(29,47)6)64-43-40(37(58)34(55)27(21-51)63-43)65-41-38(59)35(56)32(53)25(19-49)61-41/h10,23-43,49-60H,9,11-21H2,1-8H3/t23?,24?,25-,26-,27-,28?,29?,30?,31?,32-,33-,34-,35-,36-,37-,38-,39-,40-,41+,42+,43+,45?,46?,47?,48?/m1/s1. The van der Waals surface area contributed by atoms with Crippen LogP contribution in [0, 0.1) is 45.3 Å². The van der Waals surface area contributed by atoms with Crippen molar-refractivity contribution in [3.63, 3.8) is 0 Å². The maximum atomic E-state index is 12.7. The topological polar surface area (TPSA) is 298 Å². The summed E-state index contributed by atoms with van der Waals surface area (Å²) in [5, 5.41) is 129. The second-order valence-electron chi connectivity index (χ2n) is 22.9. The first-order valence-electron chi connectivity index (χ1n) is 24.4. The molecule has 12 N–H and O–H groups in total. The molecule has 0 bridgehead atoms. The molecule has 18 heteroatoms. The van der Waals surface area contributed by atoms with Gasteiger partial charge in [-0.2, -0.15) is 0 Å². The molecule has 7 fully saturated rings. The van der Waals surface area contributed by atoms with Gasteiger partial charge in [-0.15, -0.1) is 0 Å². The van der Waals surface area contributed by atoms with Crippen LogP contribution in [0.2, 0.25) is 0 Å². The number of aliphatic hydroxyl groups excluding tert-OH is 12. The molecule has 0 amide bonds. The van der Waals surface area contributed by atoms with Crippen molar-refractivity contribution in [2.75, 3.05) is 19.8 Å². The molecule has 7 aliphatic rings. The Hall–Kier alpha value is -0.980. The smallest absolute Gasteiger partial charge is 0.187 e. The molecular formula is C48H82O18. The largest absolute Gasteiger partial charge is 0.394 e. The fourth-order valence-electron chi connectivity index (χ4n) is 14.9. The second-order valence-corrected chi connectivity index (χ2v) is 22.9. The predicted molar refractivity (Wildman–Crippen MR) is 234 cm³/mol. The van der Waals surface area contributed by atoms with E-state index in [4.69, 9.17) is 28.4 Å². The number of fused-ring (bicyclic) bond motifs is 5. The lowest BCUT2D eigenvalue weighted by molar-refractivity contribution is -0.378. The van der Waals surface area contributed by atoms with Gasteiger partial charge in [0, 0.05) is 0 Å². The average molecular weight is 947 g/mol. The Morgan fingerprint density at radius 1 is 0.606 bits per heavy atom. The Morgan fingerprint density at radius 2 is 1.14 bits per heavy atom. The second kappa shape index (κ2) is 19.6. The molecule has 7 rings (SSSR count). The molecule has 3 aliphatic heterocycles. The van der Waals surface area contributed by atoms with Gasteiger partial charge in [-0.3, -0.25) is 0 Å². The van der Waals surface area contributed by atoms with Gasteiger partial charge in [-0.05, 0) is 124 Å². The molecule has 18 nitrogen and oxygen atoms in total. The number of ether oxygens (including phenoxy) is 6. The summed E-state index contributed by atoms with van der Waals surface area (Å²) in [6, 6.07) is 0. The molecule has 0 aromatic heterocycles. The quantitative estimate of drug-likeness (QED) is 0.0853. The molecule has 0 radical (unpaired) electrons. The fraction of sp³-hybridized carbons (Fsp3) is 0.958. The van der Waals surface area contributed by atoms with E-state index in [0.717, 1.165) is 37.7 Å². The van der Waals surface area contributed by atoms with Gasteiger partial charge in [0.1, 0.15) is 73.2 Å². The molecule has 3 heterocycles. The number of aliphatic hydroxyl groups is 12. The van der Waals surface area contributed by atoms with E-state index < -0.39 is 135 Å². The van der Waals surface area contributed by atoms with E-state index in [1.54, 1.807) is 0 Å². The van der Waals surface area contributed by atoms with Crippen LogP contribution in [0.4, 0.5) is 0 Å². The minimum absolute atomic E-state index is 0.0905. The predicted octanol–water partition coefficient (Wildman–Crippen LogP) is -0.0268. The highest BCUT2D eigenvalue weighted by atomic mass is 16.8. The maximum absolute atomic E-state index is 12.7. The van der Waals surface area contributed by atoms with Gasteiger partial charge in [0.25, 0.3) is 0 Å². The molecule has 25 atom stereocenters. The number of hydrogen-bond acceptors (Lipinski definition) is 18. The van der Waals surface area contributed by atoms with Crippen LogP contribution >= 0.6 is 0 Å². The van der Waals surface area contributed by atoms with Crippen molar-refractivity contribution in [3.05, 3.63) is 11.6 Å². The minimum atomic E-state index is -1.79. The molecule has 382 valence electrons. The third-order valence-electron chi connectivity index (χ3n) is 18.8. The molecular weight excluding hydrogens is 865 g/mol. The van der Waals surface area contributed by atoms with Crippen molar-refractivity contribution >= 4 is 0 Å². The zero-order valence-corrected chi connectivity index (χ0v) is 40.0. The summed E-state index contributed by atoms with van der Waals surface area (Å²) in [6.07, 6.45) is -15.4. The Kier molecular flexibility index (Phi) is 15.7. The first-order chi connectivity index (χ1) is 30.8. The lowest BCUT2D eigenvalue weighted by Crippen LogP contribution is -2.68. The number of allylic oxidation sites excluding steroid dienone is 2. The van der Waals surface area contributed by atoms with Gasteiger partial charge in [0.15, 0.2) is 18.9 Å². The van der Waals surface area contributed by atoms with E-state index in [0.29, 0.717) is 25.7 Å². The van der Waals surface area contributed by atoms with E-state index in [-0.39, 0.29) is 39.9 Å². The van der Waals surface area contributed by atoms with Crippen LogP contribution in [0.5, 0.6) is 0 Å². The lowest BCUT2D eigenvalue weighted by Gasteiger charge is -2.71. The Morgan fingerprint density at radius 3 is 1.71 bits per heavy atom. The molecule has 4 saturated carbocycles. The van der Waals surface area contributed by atoms with Crippen molar-refractivity contribution in [2.45, 2.75) is 223 Å². The first-order valence-corrected chi connectivity index (χ1v) is 24.4. The van der Waals surface area contributed by atoms with Crippen molar-refractivity contribution in [3.8, 4) is 0 Å². The summed E-state index contributed by atoms with van der Waals surface area (Å²) in [5.74, 6) is -0.151. The van der Waals surface area contributed by atoms with Crippen LogP contribution in [0.25, 0.3) is 0 Å². The average Bonchev–Trinajstić information content (AvgIpc) is 3.65. The minimum Gasteiger partial charge on any atom is -0.394 e. The normalized spacial score (nSPS) is 52.4. The summed E-state index contributed by atoms with van der Waals surface area (Å²) in [5.41, 5.74) is -1.12. The van der Waals surface area contributed by atoms with Crippen LogP contribution in [-0.4, -0.2) is 191 Å².